The number of ketones is 1. The van der Waals surface area contributed by atoms with Gasteiger partial charge in [-0.05, 0) is 53.6 Å². The second-order valence-corrected chi connectivity index (χ2v) is 7.08. The van der Waals surface area contributed by atoms with E-state index in [-0.39, 0.29) is 11.8 Å². The Balaban J connectivity index is 1.57. The van der Waals surface area contributed by atoms with Crippen LogP contribution in [0.5, 0.6) is 5.75 Å². The first-order valence-corrected chi connectivity index (χ1v) is 9.73. The van der Waals surface area contributed by atoms with E-state index < -0.39 is 0 Å². The maximum absolute atomic E-state index is 12.3. The van der Waals surface area contributed by atoms with E-state index in [1.165, 1.54) is 7.11 Å². The van der Waals surface area contributed by atoms with Crippen molar-refractivity contribution in [1.82, 2.24) is 0 Å². The van der Waals surface area contributed by atoms with Crippen molar-refractivity contribution in [1.29, 1.82) is 0 Å². The van der Waals surface area contributed by atoms with Crippen LogP contribution >= 0.6 is 15.9 Å². The van der Waals surface area contributed by atoms with Crippen LogP contribution < -0.4 is 4.74 Å². The van der Waals surface area contributed by atoms with Crippen molar-refractivity contribution in [2.45, 2.75) is 6.61 Å². The van der Waals surface area contributed by atoms with E-state index in [1.807, 2.05) is 54.6 Å². The molecule has 0 aliphatic rings. The smallest absolute Gasteiger partial charge is 0.337 e. The highest BCUT2D eigenvalue weighted by Gasteiger charge is 2.06. The quantitative estimate of drug-likeness (QED) is 0.262. The molecular formula is C24H19BrO4. The second kappa shape index (κ2) is 9.85. The highest BCUT2D eigenvalue weighted by molar-refractivity contribution is 9.10. The summed E-state index contributed by atoms with van der Waals surface area (Å²) < 4.78 is 11.2. The van der Waals surface area contributed by atoms with Gasteiger partial charge in [0.05, 0.1) is 12.7 Å². The first kappa shape index (κ1) is 20.6. The molecule has 0 saturated heterocycles. The highest BCUT2D eigenvalue weighted by atomic mass is 79.9. The van der Waals surface area contributed by atoms with Crippen molar-refractivity contribution in [3.63, 3.8) is 0 Å². The van der Waals surface area contributed by atoms with Crippen LogP contribution in [0.25, 0.3) is 6.08 Å². The fourth-order valence-corrected chi connectivity index (χ4v) is 3.10. The zero-order chi connectivity index (χ0) is 20.6. The third kappa shape index (κ3) is 5.65. The fraction of sp³-hybridized carbons (Fsp3) is 0.0833. The maximum atomic E-state index is 12.3. The molecule has 0 unspecified atom stereocenters. The van der Waals surface area contributed by atoms with E-state index in [2.05, 4.69) is 20.7 Å². The lowest BCUT2D eigenvalue weighted by molar-refractivity contribution is 0.0600. The molecule has 0 saturated carbocycles. The van der Waals surface area contributed by atoms with E-state index in [0.29, 0.717) is 17.7 Å². The average Bonchev–Trinajstić information content (AvgIpc) is 2.77. The largest absolute Gasteiger partial charge is 0.489 e. The molecule has 0 aliphatic carbocycles. The van der Waals surface area contributed by atoms with Crippen molar-refractivity contribution < 1.29 is 19.1 Å². The fourth-order valence-electron chi connectivity index (χ4n) is 2.62. The molecule has 0 amide bonds. The first-order chi connectivity index (χ1) is 14.1. The Bertz CT molecular complexity index is 1020. The van der Waals surface area contributed by atoms with Gasteiger partial charge in [-0.25, -0.2) is 4.79 Å². The summed E-state index contributed by atoms with van der Waals surface area (Å²) in [7, 11) is 1.36. The standard InChI is InChI=1S/C24H19BrO4/c1-28-24(27)19-11-6-18(7-12-19)16-29-20-13-8-17(9-14-20)10-15-23(26)21-4-2-3-5-22(21)25/h2-15H,16H2,1H3. The van der Waals surface area contributed by atoms with Crippen LogP contribution in [0.15, 0.2) is 83.3 Å². The number of benzene rings is 3. The molecule has 0 aliphatic heterocycles. The third-order valence-electron chi connectivity index (χ3n) is 4.23. The van der Waals surface area contributed by atoms with Crippen molar-refractivity contribution in [2.24, 2.45) is 0 Å². The minimum absolute atomic E-state index is 0.0618. The van der Waals surface area contributed by atoms with Crippen LogP contribution in [-0.2, 0) is 11.3 Å². The Morgan fingerprint density at radius 3 is 2.28 bits per heavy atom. The summed E-state index contributed by atoms with van der Waals surface area (Å²) in [5.74, 6) is 0.295. The van der Waals surface area contributed by atoms with Gasteiger partial charge >= 0.3 is 5.97 Å². The predicted octanol–water partition coefficient (Wildman–Crippen LogP) is 5.71. The number of carbonyl (C=O) groups is 2. The topological polar surface area (TPSA) is 52.6 Å². The van der Waals surface area contributed by atoms with Gasteiger partial charge in [-0.3, -0.25) is 4.79 Å². The Hall–Kier alpha value is -3.18. The number of hydrogen-bond acceptors (Lipinski definition) is 4. The van der Waals surface area contributed by atoms with E-state index in [0.717, 1.165) is 21.3 Å². The number of methoxy groups -OCH3 is 1. The lowest BCUT2D eigenvalue weighted by Gasteiger charge is -2.07. The molecule has 0 aromatic heterocycles. The molecule has 0 N–H and O–H groups in total. The molecule has 0 fully saturated rings. The molecular weight excluding hydrogens is 432 g/mol. The lowest BCUT2D eigenvalue weighted by atomic mass is 10.1. The van der Waals surface area contributed by atoms with Gasteiger partial charge in [0, 0.05) is 10.0 Å². The monoisotopic (exact) mass is 450 g/mol. The van der Waals surface area contributed by atoms with Crippen molar-refractivity contribution in [3.8, 4) is 5.75 Å². The van der Waals surface area contributed by atoms with Crippen LogP contribution in [0.1, 0.15) is 31.8 Å². The molecule has 29 heavy (non-hydrogen) atoms. The van der Waals surface area contributed by atoms with Gasteiger partial charge in [-0.1, -0.05) is 58.4 Å². The summed E-state index contributed by atoms with van der Waals surface area (Å²) in [5.41, 5.74) is 2.98. The Morgan fingerprint density at radius 2 is 1.62 bits per heavy atom. The second-order valence-electron chi connectivity index (χ2n) is 6.22. The van der Waals surface area contributed by atoms with Crippen LogP contribution in [0.4, 0.5) is 0 Å². The van der Waals surface area contributed by atoms with Crippen LogP contribution in [0.2, 0.25) is 0 Å². The number of carbonyl (C=O) groups excluding carboxylic acids is 2. The van der Waals surface area contributed by atoms with Gasteiger partial charge in [-0.15, -0.1) is 0 Å². The summed E-state index contributed by atoms with van der Waals surface area (Å²) in [4.78, 5) is 23.7. The molecule has 3 rings (SSSR count). The van der Waals surface area contributed by atoms with Crippen LogP contribution in [0.3, 0.4) is 0 Å². The van der Waals surface area contributed by atoms with E-state index >= 15 is 0 Å². The Kier molecular flexibility index (Phi) is 6.98. The number of rotatable bonds is 7. The molecule has 5 heteroatoms. The molecule has 0 heterocycles. The summed E-state index contributed by atoms with van der Waals surface area (Å²) in [5, 5.41) is 0. The van der Waals surface area contributed by atoms with E-state index in [1.54, 1.807) is 30.4 Å². The van der Waals surface area contributed by atoms with Gasteiger partial charge in [0.2, 0.25) is 0 Å². The molecule has 0 atom stereocenters. The van der Waals surface area contributed by atoms with E-state index in [4.69, 9.17) is 4.74 Å². The van der Waals surface area contributed by atoms with E-state index in [9.17, 15) is 9.59 Å². The van der Waals surface area contributed by atoms with Gasteiger partial charge < -0.3 is 9.47 Å². The van der Waals surface area contributed by atoms with Crippen molar-refractivity contribution >= 4 is 33.8 Å². The SMILES string of the molecule is COC(=O)c1ccc(COc2ccc(C=CC(=O)c3ccccc3Br)cc2)cc1. The Labute approximate surface area is 177 Å². The molecule has 3 aromatic carbocycles. The van der Waals surface area contributed by atoms with Crippen LogP contribution in [0, 0.1) is 0 Å². The predicted molar refractivity (Wildman–Crippen MR) is 116 cm³/mol. The molecule has 3 aromatic rings. The zero-order valence-corrected chi connectivity index (χ0v) is 17.4. The summed E-state index contributed by atoms with van der Waals surface area (Å²) >= 11 is 3.39. The summed E-state index contributed by atoms with van der Waals surface area (Å²) in [6.45, 7) is 0.386. The lowest BCUT2D eigenvalue weighted by Crippen LogP contribution is -2.01. The van der Waals surface area contributed by atoms with Gasteiger partial charge in [0.15, 0.2) is 5.78 Å². The number of ether oxygens (including phenoxy) is 2. The number of esters is 1. The molecule has 146 valence electrons. The first-order valence-electron chi connectivity index (χ1n) is 8.94. The molecule has 0 radical (unpaired) electrons. The summed E-state index contributed by atoms with van der Waals surface area (Å²) in [6, 6.07) is 21.9. The summed E-state index contributed by atoms with van der Waals surface area (Å²) in [6.07, 6.45) is 3.33. The minimum Gasteiger partial charge on any atom is -0.489 e. The Morgan fingerprint density at radius 1 is 0.931 bits per heavy atom. The molecule has 4 nitrogen and oxygen atoms in total. The number of halogens is 1. The van der Waals surface area contributed by atoms with Crippen molar-refractivity contribution in [2.75, 3.05) is 7.11 Å². The maximum Gasteiger partial charge on any atom is 0.337 e. The molecule has 0 spiro atoms. The normalized spacial score (nSPS) is 10.7. The third-order valence-corrected chi connectivity index (χ3v) is 4.92. The van der Waals surface area contributed by atoms with Crippen LogP contribution in [-0.4, -0.2) is 18.9 Å². The number of allylic oxidation sites excluding steroid dienone is 1. The van der Waals surface area contributed by atoms with Gasteiger partial charge in [-0.2, -0.15) is 0 Å². The molecule has 0 bridgehead atoms. The van der Waals surface area contributed by atoms with Crippen molar-refractivity contribution in [3.05, 3.63) is 106 Å². The van der Waals surface area contributed by atoms with Gasteiger partial charge in [0.1, 0.15) is 12.4 Å². The van der Waals surface area contributed by atoms with Gasteiger partial charge in [0.25, 0.3) is 0 Å². The minimum atomic E-state index is -0.362. The number of hydrogen-bond donors (Lipinski definition) is 0. The zero-order valence-electron chi connectivity index (χ0n) is 15.8. The average molecular weight is 451 g/mol. The highest BCUT2D eigenvalue weighted by Crippen LogP contribution is 2.19.